The van der Waals surface area contributed by atoms with Crippen LogP contribution in [-0.4, -0.2) is 75.2 Å². The molecular formula is C24H29N7O3. The fourth-order valence-corrected chi connectivity index (χ4v) is 4.34. The van der Waals surface area contributed by atoms with Crippen molar-refractivity contribution in [1.82, 2.24) is 29.0 Å². The van der Waals surface area contributed by atoms with E-state index in [1.165, 1.54) is 11.3 Å². The fraction of sp³-hybridized carbons (Fsp3) is 0.417. The van der Waals surface area contributed by atoms with Crippen molar-refractivity contribution in [2.45, 2.75) is 27.0 Å². The molecule has 1 saturated heterocycles. The van der Waals surface area contributed by atoms with Crippen LogP contribution in [0.1, 0.15) is 22.6 Å². The number of oxime groups is 1. The average Bonchev–Trinajstić information content (AvgIpc) is 3.39. The second-order valence-corrected chi connectivity index (χ2v) is 8.31. The monoisotopic (exact) mass is 463 g/mol. The second-order valence-electron chi connectivity index (χ2n) is 8.31. The number of hydrogen-bond acceptors (Lipinski definition) is 8. The van der Waals surface area contributed by atoms with Crippen molar-refractivity contribution in [2.24, 2.45) is 5.16 Å². The lowest BCUT2D eigenvalue weighted by molar-refractivity contribution is 0.0364. The van der Waals surface area contributed by atoms with Crippen molar-refractivity contribution < 1.29 is 14.3 Å². The van der Waals surface area contributed by atoms with E-state index in [1.54, 1.807) is 24.2 Å². The summed E-state index contributed by atoms with van der Waals surface area (Å²) in [7, 11) is 1.63. The Morgan fingerprint density at radius 1 is 1.12 bits per heavy atom. The minimum atomic E-state index is 0.157. The van der Waals surface area contributed by atoms with Gasteiger partial charge in [0.05, 0.1) is 31.9 Å². The molecule has 1 aromatic carbocycles. The Kier molecular flexibility index (Phi) is 6.41. The summed E-state index contributed by atoms with van der Waals surface area (Å²) in [6, 6.07) is 7.61. The molecule has 0 amide bonds. The smallest absolute Gasteiger partial charge is 0.192 e. The lowest BCUT2D eigenvalue weighted by Gasteiger charge is -2.26. The lowest BCUT2D eigenvalue weighted by Crippen LogP contribution is -2.38. The molecule has 0 atom stereocenters. The van der Waals surface area contributed by atoms with Crippen LogP contribution in [0.2, 0.25) is 0 Å². The summed E-state index contributed by atoms with van der Waals surface area (Å²) < 4.78 is 14.8. The molecule has 0 radical (unpaired) electrons. The van der Waals surface area contributed by atoms with Crippen molar-refractivity contribution in [3.63, 3.8) is 0 Å². The SMILES string of the molecule is COc1ccccc1C=NOCc1nc2c3c(C)c(C)n(CCN4CCOCC4)c3ncn2n1. The minimum Gasteiger partial charge on any atom is -0.496 e. The first-order valence-electron chi connectivity index (χ1n) is 11.4. The van der Waals surface area contributed by atoms with Gasteiger partial charge < -0.3 is 18.9 Å². The molecule has 4 heterocycles. The third-order valence-corrected chi connectivity index (χ3v) is 6.33. The summed E-state index contributed by atoms with van der Waals surface area (Å²) in [5.74, 6) is 1.28. The average molecular weight is 464 g/mol. The molecule has 1 aliphatic heterocycles. The molecule has 4 aromatic rings. The normalized spacial score (nSPS) is 15.0. The zero-order valence-electron chi connectivity index (χ0n) is 19.8. The molecule has 0 bridgehead atoms. The van der Waals surface area contributed by atoms with Crippen LogP contribution < -0.4 is 4.74 Å². The van der Waals surface area contributed by atoms with E-state index < -0.39 is 0 Å². The second kappa shape index (κ2) is 9.78. The summed E-state index contributed by atoms with van der Waals surface area (Å²) in [5, 5.41) is 9.61. The Balaban J connectivity index is 1.34. The van der Waals surface area contributed by atoms with Crippen LogP contribution in [0.3, 0.4) is 0 Å². The summed E-state index contributed by atoms with van der Waals surface area (Å²) >= 11 is 0. The van der Waals surface area contributed by atoms with Gasteiger partial charge in [-0.1, -0.05) is 17.3 Å². The Hall–Kier alpha value is -3.50. The Labute approximate surface area is 197 Å². The molecule has 34 heavy (non-hydrogen) atoms. The first kappa shape index (κ1) is 22.3. The van der Waals surface area contributed by atoms with Crippen LogP contribution in [0.15, 0.2) is 35.7 Å². The van der Waals surface area contributed by atoms with E-state index in [2.05, 4.69) is 33.6 Å². The molecular weight excluding hydrogens is 434 g/mol. The quantitative estimate of drug-likeness (QED) is 0.293. The predicted molar refractivity (Wildman–Crippen MR) is 128 cm³/mol. The van der Waals surface area contributed by atoms with Gasteiger partial charge in [0.1, 0.15) is 17.7 Å². The van der Waals surface area contributed by atoms with Crippen molar-refractivity contribution in [1.29, 1.82) is 0 Å². The lowest BCUT2D eigenvalue weighted by atomic mass is 10.2. The molecule has 5 rings (SSSR count). The van der Waals surface area contributed by atoms with Gasteiger partial charge in [0.25, 0.3) is 0 Å². The maximum Gasteiger partial charge on any atom is 0.192 e. The molecule has 10 nitrogen and oxygen atoms in total. The third kappa shape index (κ3) is 4.34. The number of rotatable bonds is 8. The van der Waals surface area contributed by atoms with Gasteiger partial charge in [-0.25, -0.2) is 14.5 Å². The molecule has 0 unspecified atom stereocenters. The minimum absolute atomic E-state index is 0.157. The van der Waals surface area contributed by atoms with Crippen LogP contribution in [0.25, 0.3) is 16.7 Å². The number of para-hydroxylation sites is 1. The number of hydrogen-bond donors (Lipinski definition) is 0. The number of nitrogens with zero attached hydrogens (tertiary/aromatic N) is 7. The zero-order chi connectivity index (χ0) is 23.5. The third-order valence-electron chi connectivity index (χ3n) is 6.33. The highest BCUT2D eigenvalue weighted by molar-refractivity contribution is 5.93. The van der Waals surface area contributed by atoms with E-state index in [0.717, 1.165) is 67.4 Å². The van der Waals surface area contributed by atoms with Gasteiger partial charge in [0.15, 0.2) is 18.1 Å². The first-order valence-corrected chi connectivity index (χ1v) is 11.4. The summed E-state index contributed by atoms with van der Waals surface area (Å²) in [6.07, 6.45) is 3.34. The van der Waals surface area contributed by atoms with Gasteiger partial charge in [0.2, 0.25) is 0 Å². The highest BCUT2D eigenvalue weighted by Crippen LogP contribution is 2.27. The number of ether oxygens (including phenoxy) is 2. The number of aromatic nitrogens is 5. The van der Waals surface area contributed by atoms with Gasteiger partial charge in [-0.2, -0.15) is 0 Å². The van der Waals surface area contributed by atoms with Crippen molar-refractivity contribution in [2.75, 3.05) is 40.0 Å². The molecule has 0 N–H and O–H groups in total. The largest absolute Gasteiger partial charge is 0.496 e. The number of aryl methyl sites for hydroxylation is 1. The van der Waals surface area contributed by atoms with Gasteiger partial charge in [-0.05, 0) is 31.5 Å². The van der Waals surface area contributed by atoms with Crippen molar-refractivity contribution in [3.05, 3.63) is 53.2 Å². The number of morpholine rings is 1. The summed E-state index contributed by atoms with van der Waals surface area (Å²) in [4.78, 5) is 17.3. The maximum absolute atomic E-state index is 5.47. The number of methoxy groups -OCH3 is 1. The van der Waals surface area contributed by atoms with Crippen LogP contribution in [0.5, 0.6) is 5.75 Å². The first-order chi connectivity index (χ1) is 16.7. The molecule has 178 valence electrons. The summed E-state index contributed by atoms with van der Waals surface area (Å²) in [6.45, 7) is 9.81. The van der Waals surface area contributed by atoms with Crippen LogP contribution in [0, 0.1) is 13.8 Å². The highest BCUT2D eigenvalue weighted by Gasteiger charge is 2.19. The van der Waals surface area contributed by atoms with E-state index in [4.69, 9.17) is 24.3 Å². The van der Waals surface area contributed by atoms with Crippen LogP contribution in [-0.2, 0) is 22.7 Å². The molecule has 10 heteroatoms. The number of benzene rings is 1. The molecule has 0 aliphatic carbocycles. The van der Waals surface area contributed by atoms with Crippen molar-refractivity contribution >= 4 is 22.9 Å². The van der Waals surface area contributed by atoms with Crippen molar-refractivity contribution in [3.8, 4) is 5.75 Å². The van der Waals surface area contributed by atoms with Crippen LogP contribution in [0.4, 0.5) is 0 Å². The topological polar surface area (TPSA) is 91.3 Å². The Bertz CT molecular complexity index is 1320. The van der Waals surface area contributed by atoms with E-state index in [1.807, 2.05) is 24.3 Å². The fourth-order valence-electron chi connectivity index (χ4n) is 4.34. The Morgan fingerprint density at radius 2 is 1.94 bits per heavy atom. The highest BCUT2D eigenvalue weighted by atomic mass is 16.6. The summed E-state index contributed by atoms with van der Waals surface area (Å²) in [5.41, 5.74) is 4.92. The van der Waals surface area contributed by atoms with Gasteiger partial charge in [0, 0.05) is 37.4 Å². The van der Waals surface area contributed by atoms with Gasteiger partial charge in [-0.15, -0.1) is 5.10 Å². The van der Waals surface area contributed by atoms with E-state index in [9.17, 15) is 0 Å². The number of fused-ring (bicyclic) bond motifs is 3. The van der Waals surface area contributed by atoms with Gasteiger partial charge in [-0.3, -0.25) is 4.90 Å². The Morgan fingerprint density at radius 3 is 2.76 bits per heavy atom. The van der Waals surface area contributed by atoms with E-state index >= 15 is 0 Å². The van der Waals surface area contributed by atoms with Gasteiger partial charge >= 0.3 is 0 Å². The van der Waals surface area contributed by atoms with E-state index in [0.29, 0.717) is 5.82 Å². The maximum atomic E-state index is 5.47. The molecule has 3 aromatic heterocycles. The predicted octanol–water partition coefficient (Wildman–Crippen LogP) is 2.59. The molecule has 0 saturated carbocycles. The molecule has 0 spiro atoms. The molecule has 1 aliphatic rings. The van der Waals surface area contributed by atoms with Crippen LogP contribution >= 0.6 is 0 Å². The zero-order valence-corrected chi connectivity index (χ0v) is 19.8. The molecule has 1 fully saturated rings. The van der Waals surface area contributed by atoms with E-state index in [-0.39, 0.29) is 6.61 Å². The standard InChI is InChI=1S/C24H29N7O3/c1-17-18(2)30(9-8-29-10-12-33-13-11-29)23-22(17)24-27-21(28-31(24)16-25-23)15-34-26-14-19-6-4-5-7-20(19)32-3/h4-7,14,16H,8-13,15H2,1-3H3.